The molecule has 3 heterocycles. The van der Waals surface area contributed by atoms with E-state index in [1.807, 2.05) is 4.90 Å². The average molecular weight is 405 g/mol. The minimum atomic E-state index is -1.20. The first kappa shape index (κ1) is 19.0. The Morgan fingerprint density at radius 2 is 2.21 bits per heavy atom. The van der Waals surface area contributed by atoms with Crippen LogP contribution in [0.4, 0.5) is 15.0 Å². The zero-order valence-corrected chi connectivity index (χ0v) is 15.7. The minimum absolute atomic E-state index is 0.0240. The van der Waals surface area contributed by atoms with Gasteiger partial charge in [0.1, 0.15) is 5.60 Å². The molecule has 1 aromatic carbocycles. The second-order valence-electron chi connectivity index (χ2n) is 7.13. The third-order valence-corrected chi connectivity index (χ3v) is 5.36. The topological polar surface area (TPSA) is 114 Å². The van der Waals surface area contributed by atoms with E-state index in [1.54, 1.807) is 0 Å². The van der Waals surface area contributed by atoms with Crippen molar-refractivity contribution in [1.29, 1.82) is 0 Å². The number of carbonyl (C=O) groups is 2. The van der Waals surface area contributed by atoms with Crippen LogP contribution in [0, 0.1) is 5.82 Å². The number of carboxylic acids is 1. The van der Waals surface area contributed by atoms with E-state index in [2.05, 4.69) is 10.5 Å². The molecule has 2 fully saturated rings. The molecule has 1 unspecified atom stereocenters. The van der Waals surface area contributed by atoms with Crippen LogP contribution in [0.25, 0.3) is 11.3 Å². The molecule has 0 bridgehead atoms. The zero-order chi connectivity index (χ0) is 20.6. The molecular formula is C19H20FN3O6. The normalized spacial score (nSPS) is 21.6. The number of hydrogen-bond acceptors (Lipinski definition) is 7. The molecule has 2 N–H and O–H groups in total. The lowest BCUT2D eigenvalue weighted by Gasteiger charge is -2.24. The molecule has 2 aromatic rings. The Morgan fingerprint density at radius 1 is 1.38 bits per heavy atom. The van der Waals surface area contributed by atoms with Crippen LogP contribution in [0.15, 0.2) is 22.7 Å². The number of halogens is 1. The number of benzene rings is 1. The lowest BCUT2D eigenvalue weighted by molar-refractivity contribution is 0.0473. The monoisotopic (exact) mass is 405 g/mol. The molecule has 154 valence electrons. The molecule has 9 nitrogen and oxygen atoms in total. The highest BCUT2D eigenvalue weighted by Crippen LogP contribution is 2.36. The van der Waals surface area contributed by atoms with Crippen molar-refractivity contribution in [2.24, 2.45) is 0 Å². The second kappa shape index (κ2) is 7.26. The molecule has 2 aliphatic heterocycles. The van der Waals surface area contributed by atoms with Crippen LogP contribution < -0.4 is 15.0 Å². The summed E-state index contributed by atoms with van der Waals surface area (Å²) < 4.78 is 29.5. The largest absolute Gasteiger partial charge is 0.494 e. The summed E-state index contributed by atoms with van der Waals surface area (Å²) in [5.74, 6) is -1.56. The molecule has 0 saturated carbocycles. The summed E-state index contributed by atoms with van der Waals surface area (Å²) in [5.41, 5.74) is -0.331. The van der Waals surface area contributed by atoms with Crippen molar-refractivity contribution in [3.05, 3.63) is 29.6 Å². The molecule has 2 saturated heterocycles. The summed E-state index contributed by atoms with van der Waals surface area (Å²) in [6, 6.07) is 3.96. The third kappa shape index (κ3) is 3.45. The summed E-state index contributed by atoms with van der Waals surface area (Å²) in [4.78, 5) is 25.3. The van der Waals surface area contributed by atoms with Gasteiger partial charge in [-0.2, -0.15) is 0 Å². The summed E-state index contributed by atoms with van der Waals surface area (Å²) in [6.45, 7) is 1.43. The summed E-state index contributed by atoms with van der Waals surface area (Å²) in [5, 5.41) is 16.5. The lowest BCUT2D eigenvalue weighted by Crippen LogP contribution is -2.35. The van der Waals surface area contributed by atoms with Gasteiger partial charge in [0.15, 0.2) is 28.7 Å². The molecule has 1 atom stereocenters. The van der Waals surface area contributed by atoms with Gasteiger partial charge in [0.2, 0.25) is 0 Å². The van der Waals surface area contributed by atoms with Crippen LogP contribution in [-0.2, 0) is 4.74 Å². The number of alkyl carbamates (subject to hydrolysis) is 1. The van der Waals surface area contributed by atoms with E-state index in [0.717, 1.165) is 0 Å². The number of aromatic nitrogens is 1. The van der Waals surface area contributed by atoms with Gasteiger partial charge in [-0.05, 0) is 31.0 Å². The van der Waals surface area contributed by atoms with Gasteiger partial charge in [-0.25, -0.2) is 14.0 Å². The summed E-state index contributed by atoms with van der Waals surface area (Å²) >= 11 is 0. The van der Waals surface area contributed by atoms with Gasteiger partial charge in [-0.3, -0.25) is 0 Å². The van der Waals surface area contributed by atoms with Gasteiger partial charge in [0.05, 0.1) is 13.7 Å². The van der Waals surface area contributed by atoms with Gasteiger partial charge in [-0.1, -0.05) is 5.16 Å². The smallest absolute Gasteiger partial charge is 0.407 e. The van der Waals surface area contributed by atoms with Crippen molar-refractivity contribution in [1.82, 2.24) is 10.5 Å². The van der Waals surface area contributed by atoms with E-state index < -0.39 is 23.5 Å². The number of nitrogens with one attached hydrogen (secondary N) is 1. The van der Waals surface area contributed by atoms with Crippen LogP contribution in [0.2, 0.25) is 0 Å². The molecule has 1 spiro atoms. The number of nitrogens with zero attached hydrogens (tertiary/aromatic N) is 2. The average Bonchev–Trinajstić information content (AvgIpc) is 3.23. The van der Waals surface area contributed by atoms with Crippen molar-refractivity contribution >= 4 is 17.9 Å². The zero-order valence-electron chi connectivity index (χ0n) is 15.7. The summed E-state index contributed by atoms with van der Waals surface area (Å²) in [6.07, 6.45) is 1.47. The predicted molar refractivity (Wildman–Crippen MR) is 98.7 cm³/mol. The van der Waals surface area contributed by atoms with Gasteiger partial charge in [0.25, 0.3) is 0 Å². The van der Waals surface area contributed by atoms with Crippen LogP contribution in [0.3, 0.4) is 0 Å². The van der Waals surface area contributed by atoms with Crippen molar-refractivity contribution in [3.8, 4) is 17.1 Å². The number of anilines is 1. The Labute approximate surface area is 165 Å². The van der Waals surface area contributed by atoms with Gasteiger partial charge in [0, 0.05) is 25.1 Å². The van der Waals surface area contributed by atoms with Crippen molar-refractivity contribution < 1.29 is 33.1 Å². The maximum Gasteiger partial charge on any atom is 0.407 e. The van der Waals surface area contributed by atoms with Crippen molar-refractivity contribution in [3.63, 3.8) is 0 Å². The molecule has 2 aliphatic rings. The number of rotatable bonds is 4. The molecule has 1 aromatic heterocycles. The van der Waals surface area contributed by atoms with E-state index in [9.17, 15) is 19.1 Å². The fraction of sp³-hybridized carbons (Fsp3) is 0.421. The molecular weight excluding hydrogens is 385 g/mol. The highest BCUT2D eigenvalue weighted by atomic mass is 19.1. The lowest BCUT2D eigenvalue weighted by atomic mass is 9.95. The number of ether oxygens (including phenoxy) is 2. The SMILES string of the molecule is COc1cc(-c2onc(N3CCCC4(CC3)CNC(=O)O4)c2C(=O)O)ccc1F. The van der Waals surface area contributed by atoms with E-state index in [-0.39, 0.29) is 22.9 Å². The molecule has 0 radical (unpaired) electrons. The fourth-order valence-corrected chi connectivity index (χ4v) is 3.85. The minimum Gasteiger partial charge on any atom is -0.494 e. The van der Waals surface area contributed by atoms with Crippen LogP contribution in [-0.4, -0.2) is 54.7 Å². The first-order valence-corrected chi connectivity index (χ1v) is 9.21. The first-order valence-electron chi connectivity index (χ1n) is 9.21. The summed E-state index contributed by atoms with van der Waals surface area (Å²) in [7, 11) is 1.32. The highest BCUT2D eigenvalue weighted by molar-refractivity contribution is 5.99. The number of hydrogen-bond donors (Lipinski definition) is 2. The number of aromatic carboxylic acids is 1. The Balaban J connectivity index is 1.65. The number of carboxylic acid groups (broad SMARTS) is 1. The van der Waals surface area contributed by atoms with Gasteiger partial charge >= 0.3 is 12.1 Å². The fourth-order valence-electron chi connectivity index (χ4n) is 3.85. The van der Waals surface area contributed by atoms with Gasteiger partial charge < -0.3 is 29.3 Å². The van der Waals surface area contributed by atoms with E-state index in [1.165, 1.54) is 25.3 Å². The molecule has 1 amide bonds. The molecule has 10 heteroatoms. The highest BCUT2D eigenvalue weighted by Gasteiger charge is 2.42. The predicted octanol–water partition coefficient (Wildman–Crippen LogP) is 2.66. The van der Waals surface area contributed by atoms with Crippen LogP contribution in [0.5, 0.6) is 5.75 Å². The van der Waals surface area contributed by atoms with Crippen molar-refractivity contribution in [2.75, 3.05) is 31.6 Å². The van der Waals surface area contributed by atoms with Crippen molar-refractivity contribution in [2.45, 2.75) is 24.9 Å². The molecule has 0 aliphatic carbocycles. The number of amides is 1. The van der Waals surface area contributed by atoms with Crippen LogP contribution >= 0.6 is 0 Å². The second-order valence-corrected chi connectivity index (χ2v) is 7.13. The van der Waals surface area contributed by atoms with Gasteiger partial charge in [-0.15, -0.1) is 0 Å². The van der Waals surface area contributed by atoms with E-state index >= 15 is 0 Å². The van der Waals surface area contributed by atoms with E-state index in [0.29, 0.717) is 44.5 Å². The Morgan fingerprint density at radius 3 is 2.90 bits per heavy atom. The molecule has 4 rings (SSSR count). The maximum absolute atomic E-state index is 13.7. The third-order valence-electron chi connectivity index (χ3n) is 5.36. The quantitative estimate of drug-likeness (QED) is 0.798. The molecule has 29 heavy (non-hydrogen) atoms. The Hall–Kier alpha value is -3.30. The van der Waals surface area contributed by atoms with Crippen LogP contribution in [0.1, 0.15) is 29.6 Å². The standard InChI is InChI=1S/C19H20FN3O6/c1-27-13-9-11(3-4-12(13)20)15-14(17(24)25)16(22-29-15)23-7-2-5-19(6-8-23)10-21-18(26)28-19/h3-4,9H,2,5-8,10H2,1H3,(H,21,26)(H,24,25). The first-order chi connectivity index (χ1) is 13.9. The maximum atomic E-state index is 13.7. The number of methoxy groups -OCH3 is 1. The van der Waals surface area contributed by atoms with E-state index in [4.69, 9.17) is 14.0 Å². The Bertz CT molecular complexity index is 961. The Kier molecular flexibility index (Phi) is 4.77. The number of carbonyl (C=O) groups excluding carboxylic acids is 1.